The number of halogens is 4. The molecule has 0 saturated heterocycles. The van der Waals surface area contributed by atoms with Gasteiger partial charge in [-0.05, 0) is 35.1 Å². The third-order valence-corrected chi connectivity index (χ3v) is 3.13. The molecule has 5 heteroatoms. The standard InChI is InChI=1S/C8H7ClF2IN/c1-4-3-13-5(2-9)7(12)6(4)8(10)11/h3,8H,2H2,1H3. The Hall–Kier alpha value is 0.0300. The van der Waals surface area contributed by atoms with E-state index in [1.807, 2.05) is 22.6 Å². The van der Waals surface area contributed by atoms with Crippen LogP contribution >= 0.6 is 34.2 Å². The number of rotatable bonds is 2. The molecule has 13 heavy (non-hydrogen) atoms. The number of nitrogens with zero attached hydrogens (tertiary/aromatic N) is 1. The highest BCUT2D eigenvalue weighted by Gasteiger charge is 2.17. The van der Waals surface area contributed by atoms with Gasteiger partial charge in [-0.25, -0.2) is 8.78 Å². The highest BCUT2D eigenvalue weighted by atomic mass is 127. The first-order chi connectivity index (χ1) is 6.07. The molecule has 1 aromatic heterocycles. The summed E-state index contributed by atoms with van der Waals surface area (Å²) in [7, 11) is 0. The lowest BCUT2D eigenvalue weighted by atomic mass is 10.1. The van der Waals surface area contributed by atoms with Gasteiger partial charge < -0.3 is 0 Å². The highest BCUT2D eigenvalue weighted by molar-refractivity contribution is 14.1. The van der Waals surface area contributed by atoms with E-state index in [1.165, 1.54) is 6.20 Å². The predicted molar refractivity (Wildman–Crippen MR) is 56.2 cm³/mol. The van der Waals surface area contributed by atoms with Crippen molar-refractivity contribution in [1.29, 1.82) is 0 Å². The lowest BCUT2D eigenvalue weighted by molar-refractivity contribution is 0.149. The van der Waals surface area contributed by atoms with E-state index in [0.717, 1.165) is 0 Å². The van der Waals surface area contributed by atoms with Crippen LogP contribution in [-0.2, 0) is 5.88 Å². The molecule has 0 aliphatic rings. The van der Waals surface area contributed by atoms with Gasteiger partial charge in [0.1, 0.15) is 0 Å². The Morgan fingerprint density at radius 1 is 1.62 bits per heavy atom. The third-order valence-electron chi connectivity index (χ3n) is 1.67. The maximum absolute atomic E-state index is 12.5. The fraction of sp³-hybridized carbons (Fsp3) is 0.375. The molecule has 1 heterocycles. The molecule has 0 aromatic carbocycles. The lowest BCUT2D eigenvalue weighted by Gasteiger charge is -2.09. The van der Waals surface area contributed by atoms with Crippen LogP contribution in [0.25, 0.3) is 0 Å². The summed E-state index contributed by atoms with van der Waals surface area (Å²) in [6.07, 6.45) is -1.03. The van der Waals surface area contributed by atoms with Crippen LogP contribution in [-0.4, -0.2) is 4.98 Å². The minimum absolute atomic E-state index is 0.0475. The van der Waals surface area contributed by atoms with E-state index >= 15 is 0 Å². The summed E-state index contributed by atoms with van der Waals surface area (Å²) >= 11 is 7.40. The van der Waals surface area contributed by atoms with Gasteiger partial charge in [-0.1, -0.05) is 0 Å². The molecule has 0 amide bonds. The van der Waals surface area contributed by atoms with E-state index in [-0.39, 0.29) is 11.4 Å². The number of pyridine rings is 1. The smallest absolute Gasteiger partial charge is 0.259 e. The van der Waals surface area contributed by atoms with Gasteiger partial charge in [0.15, 0.2) is 0 Å². The first-order valence-corrected chi connectivity index (χ1v) is 5.17. The summed E-state index contributed by atoms with van der Waals surface area (Å²) in [5.41, 5.74) is 1.07. The average Bonchev–Trinajstić information content (AvgIpc) is 2.04. The second kappa shape index (κ2) is 4.50. The molecule has 0 aliphatic heterocycles. The van der Waals surface area contributed by atoms with E-state index < -0.39 is 6.43 Å². The number of hydrogen-bond acceptors (Lipinski definition) is 1. The Morgan fingerprint density at radius 2 is 2.23 bits per heavy atom. The normalized spacial score (nSPS) is 10.9. The quantitative estimate of drug-likeness (QED) is 0.599. The van der Waals surface area contributed by atoms with Gasteiger partial charge in [0, 0.05) is 15.3 Å². The summed E-state index contributed by atoms with van der Waals surface area (Å²) in [6, 6.07) is 0. The highest BCUT2D eigenvalue weighted by Crippen LogP contribution is 2.29. The van der Waals surface area contributed by atoms with Gasteiger partial charge in [-0.15, -0.1) is 11.6 Å². The molecule has 0 radical (unpaired) electrons. The molecule has 1 rings (SSSR count). The Balaban J connectivity index is 3.30. The summed E-state index contributed by atoms with van der Waals surface area (Å²) < 4.78 is 25.5. The largest absolute Gasteiger partial charge is 0.265 e. The molecular formula is C8H7ClF2IN. The third kappa shape index (κ3) is 2.28. The molecule has 1 nitrogen and oxygen atoms in total. The Bertz CT molecular complexity index is 317. The summed E-state index contributed by atoms with van der Waals surface area (Å²) in [6.45, 7) is 1.62. The molecular weight excluding hydrogens is 310 g/mol. The van der Waals surface area contributed by atoms with Crippen LogP contribution in [0.5, 0.6) is 0 Å². The van der Waals surface area contributed by atoms with Crippen LogP contribution in [0.2, 0.25) is 0 Å². The van der Waals surface area contributed by atoms with E-state index in [1.54, 1.807) is 6.92 Å². The minimum Gasteiger partial charge on any atom is -0.259 e. The van der Waals surface area contributed by atoms with Gasteiger partial charge in [-0.3, -0.25) is 4.98 Å². The predicted octanol–water partition coefficient (Wildman–Crippen LogP) is 3.67. The molecule has 72 valence electrons. The Labute approximate surface area is 93.6 Å². The fourth-order valence-electron chi connectivity index (χ4n) is 0.991. The van der Waals surface area contributed by atoms with Crippen LogP contribution in [0.4, 0.5) is 8.78 Å². The van der Waals surface area contributed by atoms with Crippen molar-refractivity contribution in [2.24, 2.45) is 0 Å². The van der Waals surface area contributed by atoms with Crippen molar-refractivity contribution in [2.75, 3.05) is 0 Å². The SMILES string of the molecule is Cc1cnc(CCl)c(I)c1C(F)F. The van der Waals surface area contributed by atoms with Crippen molar-refractivity contribution < 1.29 is 8.78 Å². The summed E-state index contributed by atoms with van der Waals surface area (Å²) in [5.74, 6) is 0.165. The van der Waals surface area contributed by atoms with Gasteiger partial charge in [0.05, 0.1) is 11.6 Å². The van der Waals surface area contributed by atoms with E-state index in [4.69, 9.17) is 11.6 Å². The number of alkyl halides is 3. The van der Waals surface area contributed by atoms with Crippen molar-refractivity contribution in [1.82, 2.24) is 4.98 Å². The first kappa shape index (κ1) is 11.1. The van der Waals surface area contributed by atoms with Crippen molar-refractivity contribution in [3.8, 4) is 0 Å². The second-order valence-corrected chi connectivity index (χ2v) is 3.90. The van der Waals surface area contributed by atoms with E-state index in [2.05, 4.69) is 4.98 Å². The lowest BCUT2D eigenvalue weighted by Crippen LogP contribution is -2.00. The van der Waals surface area contributed by atoms with Crippen molar-refractivity contribution in [2.45, 2.75) is 19.2 Å². The molecule has 0 spiro atoms. The Kier molecular flexibility index (Phi) is 3.85. The fourth-order valence-corrected chi connectivity index (χ4v) is 2.41. The number of hydrogen-bond donors (Lipinski definition) is 0. The molecule has 0 atom stereocenters. The molecule has 0 unspecified atom stereocenters. The summed E-state index contributed by atoms with van der Waals surface area (Å²) in [4.78, 5) is 3.97. The minimum atomic E-state index is -2.46. The first-order valence-electron chi connectivity index (χ1n) is 3.56. The van der Waals surface area contributed by atoms with Crippen LogP contribution in [0.3, 0.4) is 0 Å². The van der Waals surface area contributed by atoms with Gasteiger partial charge in [0.2, 0.25) is 0 Å². The molecule has 0 bridgehead atoms. The molecule has 0 saturated carbocycles. The second-order valence-electron chi connectivity index (χ2n) is 2.55. The number of aryl methyl sites for hydroxylation is 1. The van der Waals surface area contributed by atoms with Gasteiger partial charge >= 0.3 is 0 Å². The van der Waals surface area contributed by atoms with Crippen LogP contribution < -0.4 is 0 Å². The Morgan fingerprint density at radius 3 is 2.69 bits per heavy atom. The monoisotopic (exact) mass is 317 g/mol. The molecule has 0 aliphatic carbocycles. The van der Waals surface area contributed by atoms with Gasteiger partial charge in [0.25, 0.3) is 6.43 Å². The number of aromatic nitrogens is 1. The topological polar surface area (TPSA) is 12.9 Å². The van der Waals surface area contributed by atoms with Crippen molar-refractivity contribution in [3.05, 3.63) is 26.6 Å². The van der Waals surface area contributed by atoms with Crippen LogP contribution in [0.1, 0.15) is 23.2 Å². The van der Waals surface area contributed by atoms with Crippen molar-refractivity contribution in [3.63, 3.8) is 0 Å². The zero-order valence-corrected chi connectivity index (χ0v) is 9.73. The molecule has 0 fully saturated rings. The van der Waals surface area contributed by atoms with E-state index in [0.29, 0.717) is 14.8 Å². The van der Waals surface area contributed by atoms with Gasteiger partial charge in [-0.2, -0.15) is 0 Å². The van der Waals surface area contributed by atoms with Crippen molar-refractivity contribution >= 4 is 34.2 Å². The van der Waals surface area contributed by atoms with E-state index in [9.17, 15) is 8.78 Å². The maximum atomic E-state index is 12.5. The summed E-state index contributed by atoms with van der Waals surface area (Å²) in [5, 5.41) is 0. The molecule has 0 N–H and O–H groups in total. The average molecular weight is 318 g/mol. The van der Waals surface area contributed by atoms with Crippen LogP contribution in [0.15, 0.2) is 6.20 Å². The zero-order valence-electron chi connectivity index (χ0n) is 6.82. The molecule has 1 aromatic rings. The maximum Gasteiger partial charge on any atom is 0.265 e. The van der Waals surface area contributed by atoms with Crippen LogP contribution in [0, 0.1) is 10.5 Å². The zero-order chi connectivity index (χ0) is 10.0.